The van der Waals surface area contributed by atoms with E-state index in [1.165, 1.54) is 5.56 Å². The standard InChI is InChI=1S/C26H36N2O4S/c1-2-22-9-13-24(14-10-22)32-21-7-8-26(29)27-18-17-23-11-15-25(16-12-23)33(30,31)28-19-5-3-4-6-20-28/h9-16H,2-8,17-21H2,1H3,(H,27,29). The van der Waals surface area contributed by atoms with Crippen LogP contribution in [0, 0.1) is 0 Å². The fourth-order valence-electron chi connectivity index (χ4n) is 3.94. The number of amides is 1. The van der Waals surface area contributed by atoms with Gasteiger partial charge in [0.15, 0.2) is 0 Å². The Labute approximate surface area is 198 Å². The minimum Gasteiger partial charge on any atom is -0.494 e. The molecule has 1 saturated heterocycles. The number of hydrogen-bond acceptors (Lipinski definition) is 4. The van der Waals surface area contributed by atoms with Gasteiger partial charge in [-0.3, -0.25) is 4.79 Å². The van der Waals surface area contributed by atoms with Gasteiger partial charge in [-0.15, -0.1) is 0 Å². The second-order valence-electron chi connectivity index (χ2n) is 8.51. The first-order chi connectivity index (χ1) is 16.0. The van der Waals surface area contributed by atoms with Crippen molar-refractivity contribution in [3.05, 3.63) is 59.7 Å². The number of carbonyl (C=O) groups is 1. The van der Waals surface area contributed by atoms with Gasteiger partial charge in [0.2, 0.25) is 15.9 Å². The Morgan fingerprint density at radius 1 is 0.939 bits per heavy atom. The van der Waals surface area contributed by atoms with E-state index in [9.17, 15) is 13.2 Å². The molecular formula is C26H36N2O4S. The van der Waals surface area contributed by atoms with E-state index in [4.69, 9.17) is 4.74 Å². The third-order valence-corrected chi connectivity index (χ3v) is 7.92. The molecular weight excluding hydrogens is 436 g/mol. The maximum Gasteiger partial charge on any atom is 0.243 e. The maximum atomic E-state index is 12.9. The zero-order chi connectivity index (χ0) is 23.5. The zero-order valence-electron chi connectivity index (χ0n) is 19.6. The van der Waals surface area contributed by atoms with Crippen LogP contribution >= 0.6 is 0 Å². The van der Waals surface area contributed by atoms with E-state index in [2.05, 4.69) is 24.4 Å². The maximum absolute atomic E-state index is 12.9. The van der Waals surface area contributed by atoms with Crippen molar-refractivity contribution in [2.45, 2.75) is 63.2 Å². The van der Waals surface area contributed by atoms with Crippen molar-refractivity contribution in [2.24, 2.45) is 0 Å². The van der Waals surface area contributed by atoms with E-state index in [-0.39, 0.29) is 5.91 Å². The number of ether oxygens (including phenoxy) is 1. The average Bonchev–Trinajstić information content (AvgIpc) is 3.13. The quantitative estimate of drug-likeness (QED) is 0.494. The Morgan fingerprint density at radius 3 is 2.21 bits per heavy atom. The van der Waals surface area contributed by atoms with E-state index < -0.39 is 10.0 Å². The van der Waals surface area contributed by atoms with Crippen molar-refractivity contribution in [1.29, 1.82) is 0 Å². The SMILES string of the molecule is CCc1ccc(OCCCC(=O)NCCc2ccc(S(=O)(=O)N3CCCCCC3)cc2)cc1. The highest BCUT2D eigenvalue weighted by atomic mass is 32.2. The first-order valence-electron chi connectivity index (χ1n) is 12.1. The molecule has 0 saturated carbocycles. The highest BCUT2D eigenvalue weighted by Gasteiger charge is 2.24. The molecule has 0 aliphatic carbocycles. The molecule has 0 unspecified atom stereocenters. The summed E-state index contributed by atoms with van der Waals surface area (Å²) in [6, 6.07) is 15.1. The summed E-state index contributed by atoms with van der Waals surface area (Å²) in [6.45, 7) is 4.35. The van der Waals surface area contributed by atoms with Gasteiger partial charge in [-0.2, -0.15) is 4.31 Å². The van der Waals surface area contributed by atoms with Gasteiger partial charge < -0.3 is 10.1 Å². The normalized spacial score (nSPS) is 15.1. The second-order valence-corrected chi connectivity index (χ2v) is 10.4. The minimum atomic E-state index is -3.42. The molecule has 0 bridgehead atoms. The average molecular weight is 473 g/mol. The molecule has 3 rings (SSSR count). The van der Waals surface area contributed by atoms with Gasteiger partial charge in [0, 0.05) is 26.1 Å². The lowest BCUT2D eigenvalue weighted by atomic mass is 10.1. The van der Waals surface area contributed by atoms with Crippen LogP contribution in [0.5, 0.6) is 5.75 Å². The number of nitrogens with zero attached hydrogens (tertiary/aromatic N) is 1. The predicted molar refractivity (Wildman–Crippen MR) is 131 cm³/mol. The topological polar surface area (TPSA) is 75.7 Å². The first kappa shape index (κ1) is 25.2. The summed E-state index contributed by atoms with van der Waals surface area (Å²) in [5.74, 6) is 0.828. The van der Waals surface area contributed by atoms with Crippen LogP contribution in [0.3, 0.4) is 0 Å². The Balaban J connectivity index is 1.35. The van der Waals surface area contributed by atoms with Gasteiger partial charge in [-0.05, 0) is 67.5 Å². The van der Waals surface area contributed by atoms with Crippen LogP contribution in [0.1, 0.15) is 56.6 Å². The van der Waals surface area contributed by atoms with Gasteiger partial charge in [-0.1, -0.05) is 44.0 Å². The number of hydrogen-bond donors (Lipinski definition) is 1. The van der Waals surface area contributed by atoms with Crippen LogP contribution in [0.4, 0.5) is 0 Å². The van der Waals surface area contributed by atoms with Crippen LogP contribution in [0.15, 0.2) is 53.4 Å². The van der Waals surface area contributed by atoms with Gasteiger partial charge in [0.1, 0.15) is 5.75 Å². The number of aryl methyl sites for hydroxylation is 1. The number of rotatable bonds is 11. The summed E-state index contributed by atoms with van der Waals surface area (Å²) >= 11 is 0. The number of carbonyl (C=O) groups excluding carboxylic acids is 1. The van der Waals surface area contributed by atoms with Crippen LogP contribution in [-0.2, 0) is 27.7 Å². The Kier molecular flexibility index (Phi) is 9.76. The third kappa shape index (κ3) is 7.86. The molecule has 1 heterocycles. The summed E-state index contributed by atoms with van der Waals surface area (Å²) in [5.41, 5.74) is 2.28. The Hall–Kier alpha value is -2.38. The zero-order valence-corrected chi connectivity index (χ0v) is 20.4. The summed E-state index contributed by atoms with van der Waals surface area (Å²) in [7, 11) is -3.42. The molecule has 7 heteroatoms. The van der Waals surface area contributed by atoms with Gasteiger partial charge >= 0.3 is 0 Å². The first-order valence-corrected chi connectivity index (χ1v) is 13.5. The summed E-state index contributed by atoms with van der Waals surface area (Å²) in [5, 5.41) is 2.93. The molecule has 1 N–H and O–H groups in total. The Morgan fingerprint density at radius 2 is 1.58 bits per heavy atom. The van der Waals surface area contributed by atoms with Gasteiger partial charge in [-0.25, -0.2) is 8.42 Å². The Bertz CT molecular complexity index is 964. The summed E-state index contributed by atoms with van der Waals surface area (Å²) in [4.78, 5) is 12.4. The van der Waals surface area contributed by atoms with Crippen molar-refractivity contribution in [1.82, 2.24) is 9.62 Å². The molecule has 1 amide bonds. The number of sulfonamides is 1. The second kappa shape index (κ2) is 12.8. The highest BCUT2D eigenvalue weighted by molar-refractivity contribution is 7.89. The van der Waals surface area contributed by atoms with Crippen molar-refractivity contribution < 1.29 is 17.9 Å². The van der Waals surface area contributed by atoms with Crippen LogP contribution in [0.2, 0.25) is 0 Å². The molecule has 0 aromatic heterocycles. The molecule has 2 aromatic carbocycles. The molecule has 6 nitrogen and oxygen atoms in total. The van der Waals surface area contributed by atoms with E-state index in [1.54, 1.807) is 16.4 Å². The van der Waals surface area contributed by atoms with Crippen molar-refractivity contribution in [3.8, 4) is 5.75 Å². The highest BCUT2D eigenvalue weighted by Crippen LogP contribution is 2.20. The fraction of sp³-hybridized carbons (Fsp3) is 0.500. The van der Waals surface area contributed by atoms with Crippen LogP contribution < -0.4 is 10.1 Å². The van der Waals surface area contributed by atoms with Crippen molar-refractivity contribution in [3.63, 3.8) is 0 Å². The van der Waals surface area contributed by atoms with E-state index in [0.717, 1.165) is 43.4 Å². The van der Waals surface area contributed by atoms with E-state index >= 15 is 0 Å². The minimum absolute atomic E-state index is 0.000271. The lowest BCUT2D eigenvalue weighted by Gasteiger charge is -2.20. The molecule has 0 radical (unpaired) electrons. The molecule has 0 spiro atoms. The molecule has 1 aliphatic rings. The van der Waals surface area contributed by atoms with E-state index in [1.807, 2.05) is 24.3 Å². The molecule has 180 valence electrons. The summed E-state index contributed by atoms with van der Waals surface area (Å²) < 4.78 is 33.0. The molecule has 33 heavy (non-hydrogen) atoms. The molecule has 1 fully saturated rings. The van der Waals surface area contributed by atoms with Gasteiger partial charge in [0.25, 0.3) is 0 Å². The van der Waals surface area contributed by atoms with Crippen molar-refractivity contribution >= 4 is 15.9 Å². The lowest BCUT2D eigenvalue weighted by Crippen LogP contribution is -2.31. The molecule has 0 atom stereocenters. The molecule has 2 aromatic rings. The monoisotopic (exact) mass is 472 g/mol. The smallest absolute Gasteiger partial charge is 0.243 e. The van der Waals surface area contributed by atoms with Crippen LogP contribution in [0.25, 0.3) is 0 Å². The molecule has 1 aliphatic heterocycles. The fourth-order valence-corrected chi connectivity index (χ4v) is 5.46. The summed E-state index contributed by atoms with van der Waals surface area (Å²) in [6.07, 6.45) is 6.78. The third-order valence-electron chi connectivity index (χ3n) is 6.01. The van der Waals surface area contributed by atoms with Gasteiger partial charge in [0.05, 0.1) is 11.5 Å². The number of nitrogens with one attached hydrogen (secondary N) is 1. The number of benzene rings is 2. The van der Waals surface area contributed by atoms with Crippen LogP contribution in [-0.4, -0.2) is 44.9 Å². The lowest BCUT2D eigenvalue weighted by molar-refractivity contribution is -0.121. The van der Waals surface area contributed by atoms with Crippen molar-refractivity contribution in [2.75, 3.05) is 26.2 Å². The largest absolute Gasteiger partial charge is 0.494 e. The predicted octanol–water partition coefficient (Wildman–Crippen LogP) is 4.33. The van der Waals surface area contributed by atoms with E-state index in [0.29, 0.717) is 50.4 Å².